The van der Waals surface area contributed by atoms with Crippen LogP contribution in [0, 0.1) is 11.8 Å². The monoisotopic (exact) mass is 308 g/mol. The van der Waals surface area contributed by atoms with Crippen LogP contribution < -0.4 is 0 Å². The van der Waals surface area contributed by atoms with Gasteiger partial charge in [-0.15, -0.1) is 0 Å². The highest BCUT2D eigenvalue weighted by molar-refractivity contribution is 6.29. The molecule has 2 heterocycles. The highest BCUT2D eigenvalue weighted by Gasteiger charge is 2.25. The normalized spacial score (nSPS) is 16.5. The summed E-state index contributed by atoms with van der Waals surface area (Å²) in [6.07, 6.45) is 4.06. The third-order valence-corrected chi connectivity index (χ3v) is 4.56. The first-order valence-corrected chi connectivity index (χ1v) is 8.34. The van der Waals surface area contributed by atoms with Gasteiger partial charge in [-0.05, 0) is 43.2 Å². The summed E-state index contributed by atoms with van der Waals surface area (Å²) in [6, 6.07) is 3.59. The maximum absolute atomic E-state index is 12.6. The molecule has 1 saturated heterocycles. The summed E-state index contributed by atoms with van der Waals surface area (Å²) in [5.74, 6) is 1.54. The number of hydrogen-bond acceptors (Lipinski definition) is 2. The molecule has 0 unspecified atom stereocenters. The van der Waals surface area contributed by atoms with Gasteiger partial charge in [-0.2, -0.15) is 0 Å². The zero-order chi connectivity index (χ0) is 15.4. The molecule has 21 heavy (non-hydrogen) atoms. The predicted molar refractivity (Wildman–Crippen MR) is 86.7 cm³/mol. The summed E-state index contributed by atoms with van der Waals surface area (Å²) < 4.78 is 0. The number of aromatic nitrogens is 1. The lowest BCUT2D eigenvalue weighted by Gasteiger charge is -2.34. The summed E-state index contributed by atoms with van der Waals surface area (Å²) in [4.78, 5) is 18.9. The molecule has 0 aromatic carbocycles. The number of nitrogens with zero attached hydrogens (tertiary/aromatic N) is 2. The van der Waals surface area contributed by atoms with Crippen LogP contribution in [-0.4, -0.2) is 28.9 Å². The lowest BCUT2D eigenvalue weighted by molar-refractivity contribution is 0.0667. The first-order valence-electron chi connectivity index (χ1n) is 7.97. The van der Waals surface area contributed by atoms with Gasteiger partial charge in [0.1, 0.15) is 5.15 Å². The molecule has 4 heteroatoms. The minimum Gasteiger partial charge on any atom is -0.339 e. The first kappa shape index (κ1) is 16.3. The molecular formula is C17H25ClN2O. The molecule has 1 aliphatic heterocycles. The van der Waals surface area contributed by atoms with Crippen LogP contribution in [0.15, 0.2) is 12.1 Å². The van der Waals surface area contributed by atoms with Crippen molar-refractivity contribution >= 4 is 17.5 Å². The molecule has 1 aromatic rings. The second-order valence-corrected chi connectivity index (χ2v) is 6.68. The van der Waals surface area contributed by atoms with Crippen LogP contribution in [0.25, 0.3) is 0 Å². The highest BCUT2D eigenvalue weighted by Crippen LogP contribution is 2.25. The van der Waals surface area contributed by atoms with E-state index in [2.05, 4.69) is 25.8 Å². The lowest BCUT2D eigenvalue weighted by atomic mass is 9.86. The van der Waals surface area contributed by atoms with Gasteiger partial charge in [0.05, 0.1) is 0 Å². The maximum atomic E-state index is 12.6. The van der Waals surface area contributed by atoms with Gasteiger partial charge in [0.15, 0.2) is 0 Å². The average molecular weight is 309 g/mol. The molecule has 0 N–H and O–H groups in total. The fourth-order valence-electron chi connectivity index (χ4n) is 3.01. The Bertz CT molecular complexity index is 494. The van der Waals surface area contributed by atoms with Gasteiger partial charge in [0, 0.05) is 24.3 Å². The van der Waals surface area contributed by atoms with Crippen molar-refractivity contribution in [2.45, 2.75) is 46.5 Å². The number of carbonyl (C=O) groups excluding carboxylic acids is 1. The zero-order valence-corrected chi connectivity index (χ0v) is 14.0. The van der Waals surface area contributed by atoms with Crippen LogP contribution in [0.1, 0.15) is 56.1 Å². The summed E-state index contributed by atoms with van der Waals surface area (Å²) >= 11 is 6.05. The van der Waals surface area contributed by atoms with E-state index in [1.807, 2.05) is 11.0 Å². The molecule has 1 aromatic heterocycles. The van der Waals surface area contributed by atoms with E-state index in [1.165, 1.54) is 0 Å². The molecule has 3 nitrogen and oxygen atoms in total. The van der Waals surface area contributed by atoms with Crippen LogP contribution in [0.2, 0.25) is 5.15 Å². The molecule has 0 spiro atoms. The van der Waals surface area contributed by atoms with E-state index < -0.39 is 0 Å². The number of rotatable bonds is 4. The SMILES string of the molecule is CCCc1cc(C(=O)N2CCC(C(C)C)CC2)cc(Cl)n1. The van der Waals surface area contributed by atoms with Crippen LogP contribution in [0.5, 0.6) is 0 Å². The third-order valence-electron chi connectivity index (χ3n) is 4.37. The first-order chi connectivity index (χ1) is 10.0. The quantitative estimate of drug-likeness (QED) is 0.781. The van der Waals surface area contributed by atoms with Gasteiger partial charge in [0.25, 0.3) is 5.91 Å². The molecule has 1 fully saturated rings. The molecule has 0 atom stereocenters. The summed E-state index contributed by atoms with van der Waals surface area (Å²) in [5, 5.41) is 0.418. The minimum atomic E-state index is 0.0962. The second-order valence-electron chi connectivity index (χ2n) is 6.29. The molecule has 1 aliphatic rings. The van der Waals surface area contributed by atoms with E-state index in [-0.39, 0.29) is 5.91 Å². The largest absolute Gasteiger partial charge is 0.339 e. The van der Waals surface area contributed by atoms with Crippen molar-refractivity contribution in [2.75, 3.05) is 13.1 Å². The summed E-state index contributed by atoms with van der Waals surface area (Å²) in [7, 11) is 0. The van der Waals surface area contributed by atoms with Gasteiger partial charge >= 0.3 is 0 Å². The van der Waals surface area contributed by atoms with Crippen molar-refractivity contribution in [3.05, 3.63) is 28.5 Å². The zero-order valence-electron chi connectivity index (χ0n) is 13.2. The van der Waals surface area contributed by atoms with Crippen molar-refractivity contribution < 1.29 is 4.79 Å². The third kappa shape index (κ3) is 4.19. The van der Waals surface area contributed by atoms with Crippen molar-refractivity contribution in [1.82, 2.24) is 9.88 Å². The number of hydrogen-bond donors (Lipinski definition) is 0. The summed E-state index contributed by atoms with van der Waals surface area (Å²) in [5.41, 5.74) is 1.59. The highest BCUT2D eigenvalue weighted by atomic mass is 35.5. The Morgan fingerprint density at radius 1 is 1.38 bits per heavy atom. The topological polar surface area (TPSA) is 33.2 Å². The average Bonchev–Trinajstić information content (AvgIpc) is 2.46. The molecule has 2 rings (SSSR count). The van der Waals surface area contributed by atoms with Gasteiger partial charge in [-0.1, -0.05) is 38.8 Å². The smallest absolute Gasteiger partial charge is 0.254 e. The maximum Gasteiger partial charge on any atom is 0.254 e. The Hall–Kier alpha value is -1.09. The van der Waals surface area contributed by atoms with Crippen molar-refractivity contribution in [3.63, 3.8) is 0 Å². The standard InChI is InChI=1S/C17H25ClN2O/c1-4-5-15-10-14(11-16(18)19-15)17(21)20-8-6-13(7-9-20)12(2)3/h10-13H,4-9H2,1-3H3. The van der Waals surface area contributed by atoms with Crippen LogP contribution in [-0.2, 0) is 6.42 Å². The molecule has 116 valence electrons. The Labute approximate surface area is 132 Å². The van der Waals surface area contributed by atoms with Gasteiger partial charge in [-0.3, -0.25) is 4.79 Å². The Morgan fingerprint density at radius 2 is 2.05 bits per heavy atom. The number of amides is 1. The van der Waals surface area contributed by atoms with Crippen molar-refractivity contribution in [2.24, 2.45) is 11.8 Å². The van der Waals surface area contributed by atoms with Gasteiger partial charge in [-0.25, -0.2) is 4.98 Å². The summed E-state index contributed by atoms with van der Waals surface area (Å²) in [6.45, 7) is 8.33. The van der Waals surface area contributed by atoms with Gasteiger partial charge < -0.3 is 4.90 Å². The van der Waals surface area contributed by atoms with Crippen LogP contribution >= 0.6 is 11.6 Å². The van der Waals surface area contributed by atoms with E-state index in [4.69, 9.17) is 11.6 Å². The number of carbonyl (C=O) groups is 1. The lowest BCUT2D eigenvalue weighted by Crippen LogP contribution is -2.39. The van der Waals surface area contributed by atoms with E-state index in [0.717, 1.165) is 50.4 Å². The van der Waals surface area contributed by atoms with Gasteiger partial charge in [0.2, 0.25) is 0 Å². The molecule has 1 amide bonds. The Balaban J connectivity index is 2.07. The molecule has 0 radical (unpaired) electrons. The van der Waals surface area contributed by atoms with Crippen LogP contribution in [0.4, 0.5) is 0 Å². The second kappa shape index (κ2) is 7.26. The minimum absolute atomic E-state index is 0.0962. The van der Waals surface area contributed by atoms with E-state index in [9.17, 15) is 4.79 Å². The number of likely N-dealkylation sites (tertiary alicyclic amines) is 1. The van der Waals surface area contributed by atoms with Crippen molar-refractivity contribution in [3.8, 4) is 0 Å². The molecular weight excluding hydrogens is 284 g/mol. The Morgan fingerprint density at radius 3 is 2.62 bits per heavy atom. The Kier molecular flexibility index (Phi) is 5.63. The number of piperidine rings is 1. The van der Waals surface area contributed by atoms with E-state index in [0.29, 0.717) is 16.6 Å². The number of halogens is 1. The molecule has 0 aliphatic carbocycles. The fourth-order valence-corrected chi connectivity index (χ4v) is 3.24. The van der Waals surface area contributed by atoms with E-state index in [1.54, 1.807) is 6.07 Å². The number of aryl methyl sites for hydroxylation is 1. The number of pyridine rings is 1. The van der Waals surface area contributed by atoms with Crippen LogP contribution in [0.3, 0.4) is 0 Å². The molecule has 0 saturated carbocycles. The van der Waals surface area contributed by atoms with E-state index >= 15 is 0 Å². The fraction of sp³-hybridized carbons (Fsp3) is 0.647. The molecule has 0 bridgehead atoms. The van der Waals surface area contributed by atoms with Crippen molar-refractivity contribution in [1.29, 1.82) is 0 Å². The predicted octanol–water partition coefficient (Wildman–Crippen LogP) is 4.20.